The van der Waals surface area contributed by atoms with Gasteiger partial charge in [0, 0.05) is 0 Å². The zero-order chi connectivity index (χ0) is 35.1. The summed E-state index contributed by atoms with van der Waals surface area (Å²) in [5.74, 6) is -3.25. The van der Waals surface area contributed by atoms with Crippen LogP contribution in [-0.2, 0) is 18.9 Å². The van der Waals surface area contributed by atoms with Gasteiger partial charge in [-0.2, -0.15) is 0 Å². The van der Waals surface area contributed by atoms with Crippen molar-refractivity contribution in [2.24, 2.45) is 17.8 Å². The second-order valence-corrected chi connectivity index (χ2v) is 14.0. The number of carbonyl (C=O) groups excluding carboxylic acids is 1. The van der Waals surface area contributed by atoms with E-state index in [2.05, 4.69) is 41.5 Å². The molecule has 0 aromatic heterocycles. The molecule has 1 rings (SSSR count). The summed E-state index contributed by atoms with van der Waals surface area (Å²) in [6.45, 7) is 14.0. The predicted molar refractivity (Wildman–Crippen MR) is 185 cm³/mol. The second-order valence-electron chi connectivity index (χ2n) is 14.0. The van der Waals surface area contributed by atoms with Crippen LogP contribution in [0, 0.1) is 17.8 Å². The lowest BCUT2D eigenvalue weighted by Gasteiger charge is -2.33. The summed E-state index contributed by atoms with van der Waals surface area (Å²) in [7, 11) is 0. The molecule has 2 N–H and O–H groups in total. The Hall–Kier alpha value is -2.49. The van der Waals surface area contributed by atoms with Gasteiger partial charge in [-0.3, -0.25) is 0 Å². The van der Waals surface area contributed by atoms with Crippen molar-refractivity contribution in [1.29, 1.82) is 0 Å². The number of hydrogen-bond acceptors (Lipinski definition) is 7. The van der Waals surface area contributed by atoms with E-state index in [4.69, 9.17) is 18.9 Å². The van der Waals surface area contributed by atoms with E-state index >= 15 is 0 Å². The zero-order valence-electron chi connectivity index (χ0n) is 30.2. The Morgan fingerprint density at radius 3 is 1.34 bits per heavy atom. The molecule has 270 valence electrons. The van der Waals surface area contributed by atoms with Gasteiger partial charge in [-0.05, 0) is 55.2 Å². The fraction of sp³-hybridized carbons (Fsp3) is 0.763. The third-order valence-electron chi connectivity index (χ3n) is 8.09. The highest BCUT2D eigenvalue weighted by atomic mass is 16.9. The SMILES string of the molecule is CC(C)CCCCCCOC(COC(=O)c1ccc(C(=O)O)cc1C(=O)O)(OCCCCCCC(C)C)OCCCCCCC(C)C. The van der Waals surface area contributed by atoms with Crippen molar-refractivity contribution in [3.63, 3.8) is 0 Å². The highest BCUT2D eigenvalue weighted by Gasteiger charge is 2.36. The second kappa shape index (κ2) is 24.6. The normalized spacial score (nSPS) is 11.9. The van der Waals surface area contributed by atoms with Gasteiger partial charge >= 0.3 is 23.9 Å². The monoisotopic (exact) mass is 664 g/mol. The number of rotatable bonds is 29. The predicted octanol–water partition coefficient (Wildman–Crippen LogP) is 9.76. The van der Waals surface area contributed by atoms with Gasteiger partial charge in [0.1, 0.15) is 0 Å². The molecule has 0 aliphatic rings. The molecular weight excluding hydrogens is 600 g/mol. The van der Waals surface area contributed by atoms with E-state index in [1.165, 1.54) is 25.3 Å². The fourth-order valence-electron chi connectivity index (χ4n) is 5.22. The number of esters is 1. The average Bonchev–Trinajstić information content (AvgIpc) is 3.01. The molecular formula is C38H64O9. The third-order valence-corrected chi connectivity index (χ3v) is 8.09. The van der Waals surface area contributed by atoms with E-state index in [1.807, 2.05) is 0 Å². The summed E-state index contributed by atoms with van der Waals surface area (Å²) in [6, 6.07) is 3.29. The Morgan fingerprint density at radius 2 is 0.979 bits per heavy atom. The van der Waals surface area contributed by atoms with Crippen LogP contribution in [0.3, 0.4) is 0 Å². The van der Waals surface area contributed by atoms with Crippen molar-refractivity contribution in [3.8, 4) is 0 Å². The average molecular weight is 665 g/mol. The van der Waals surface area contributed by atoms with Crippen LogP contribution >= 0.6 is 0 Å². The van der Waals surface area contributed by atoms with Crippen LogP contribution in [0.4, 0.5) is 0 Å². The van der Waals surface area contributed by atoms with Crippen LogP contribution in [0.15, 0.2) is 18.2 Å². The molecule has 0 amide bonds. The number of carboxylic acid groups (broad SMARTS) is 2. The number of benzene rings is 1. The van der Waals surface area contributed by atoms with E-state index in [-0.39, 0.29) is 17.7 Å². The van der Waals surface area contributed by atoms with E-state index in [0.717, 1.165) is 89.2 Å². The Morgan fingerprint density at radius 1 is 0.574 bits per heavy atom. The fourth-order valence-corrected chi connectivity index (χ4v) is 5.22. The van der Waals surface area contributed by atoms with Crippen LogP contribution in [-0.4, -0.2) is 60.5 Å². The lowest BCUT2D eigenvalue weighted by molar-refractivity contribution is -0.391. The van der Waals surface area contributed by atoms with E-state index < -0.39 is 29.4 Å². The number of carboxylic acids is 2. The minimum absolute atomic E-state index is 0.238. The van der Waals surface area contributed by atoms with Crippen molar-refractivity contribution in [2.45, 2.75) is 144 Å². The summed E-state index contributed by atoms with van der Waals surface area (Å²) in [4.78, 5) is 36.5. The van der Waals surface area contributed by atoms with Gasteiger partial charge in [0.2, 0.25) is 0 Å². The molecule has 0 bridgehead atoms. The van der Waals surface area contributed by atoms with Gasteiger partial charge in [-0.1, -0.05) is 119 Å². The topological polar surface area (TPSA) is 129 Å². The summed E-state index contributed by atoms with van der Waals surface area (Å²) in [5.41, 5.74) is -0.942. The quantitative estimate of drug-likeness (QED) is 0.0488. The minimum atomic E-state index is -1.63. The number of unbranched alkanes of at least 4 members (excludes halogenated alkanes) is 9. The molecule has 1 aromatic carbocycles. The van der Waals surface area contributed by atoms with Gasteiger partial charge in [0.15, 0.2) is 6.61 Å². The molecule has 0 saturated heterocycles. The molecule has 0 unspecified atom stereocenters. The molecule has 0 radical (unpaired) electrons. The van der Waals surface area contributed by atoms with Crippen molar-refractivity contribution >= 4 is 17.9 Å². The summed E-state index contributed by atoms with van der Waals surface area (Å²) < 4.78 is 24.4. The first-order valence-corrected chi connectivity index (χ1v) is 18.1. The van der Waals surface area contributed by atoms with Crippen LogP contribution in [0.5, 0.6) is 0 Å². The van der Waals surface area contributed by atoms with Crippen LogP contribution in [0.25, 0.3) is 0 Å². The Kier molecular flexibility index (Phi) is 22.3. The maximum Gasteiger partial charge on any atom is 0.339 e. The number of ether oxygens (including phenoxy) is 4. The molecule has 47 heavy (non-hydrogen) atoms. The molecule has 0 heterocycles. The lowest BCUT2D eigenvalue weighted by atomic mass is 10.0. The number of aromatic carboxylic acids is 2. The molecule has 9 nitrogen and oxygen atoms in total. The maximum absolute atomic E-state index is 13.2. The molecule has 0 atom stereocenters. The van der Waals surface area contributed by atoms with E-state index in [0.29, 0.717) is 37.6 Å². The van der Waals surface area contributed by atoms with Crippen molar-refractivity contribution in [1.82, 2.24) is 0 Å². The number of hydrogen-bond donors (Lipinski definition) is 2. The molecule has 0 saturated carbocycles. The van der Waals surface area contributed by atoms with Gasteiger partial charge < -0.3 is 29.2 Å². The van der Waals surface area contributed by atoms with Crippen molar-refractivity contribution < 1.29 is 43.5 Å². The first-order valence-electron chi connectivity index (χ1n) is 18.1. The Labute approximate surface area is 284 Å². The zero-order valence-corrected chi connectivity index (χ0v) is 30.2. The minimum Gasteiger partial charge on any atom is -0.478 e. The molecule has 0 fully saturated rings. The van der Waals surface area contributed by atoms with Gasteiger partial charge in [0.05, 0.1) is 36.5 Å². The maximum atomic E-state index is 13.2. The Bertz CT molecular complexity index is 963. The first kappa shape index (κ1) is 42.5. The van der Waals surface area contributed by atoms with E-state index in [1.54, 1.807) is 0 Å². The molecule has 0 aliphatic heterocycles. The standard InChI is InChI=1S/C38H64O9/c1-29(2)19-13-7-10-16-24-45-38(46-25-17-11-8-14-20-30(3)4,47-26-18-12-9-15-21-31(5)6)28-44-37(43)33-23-22-32(35(39)40)27-34(33)36(41)42/h22-23,27,29-31H,7-21,24-26,28H2,1-6H3,(H,39,40)(H,41,42). The summed E-state index contributed by atoms with van der Waals surface area (Å²) in [6.07, 6.45) is 15.7. The molecule has 1 aromatic rings. The first-order chi connectivity index (χ1) is 22.4. The largest absolute Gasteiger partial charge is 0.478 e. The number of carbonyl (C=O) groups is 3. The van der Waals surface area contributed by atoms with Gasteiger partial charge in [0.25, 0.3) is 0 Å². The highest BCUT2D eigenvalue weighted by Crippen LogP contribution is 2.23. The smallest absolute Gasteiger partial charge is 0.339 e. The van der Waals surface area contributed by atoms with Crippen molar-refractivity contribution in [2.75, 3.05) is 26.4 Å². The van der Waals surface area contributed by atoms with Gasteiger partial charge in [-0.15, -0.1) is 0 Å². The van der Waals surface area contributed by atoms with Crippen LogP contribution in [0.2, 0.25) is 0 Å². The summed E-state index contributed by atoms with van der Waals surface area (Å²) >= 11 is 0. The molecule has 0 aliphatic carbocycles. The Balaban J connectivity index is 3.04. The lowest BCUT2D eigenvalue weighted by Crippen LogP contribution is -2.45. The molecule has 9 heteroatoms. The van der Waals surface area contributed by atoms with Gasteiger partial charge in [-0.25, -0.2) is 14.4 Å². The highest BCUT2D eigenvalue weighted by molar-refractivity contribution is 6.04. The van der Waals surface area contributed by atoms with Crippen LogP contribution < -0.4 is 0 Å². The summed E-state index contributed by atoms with van der Waals surface area (Å²) in [5, 5.41) is 19.0. The molecule has 0 spiro atoms. The third kappa shape index (κ3) is 19.8. The van der Waals surface area contributed by atoms with Crippen molar-refractivity contribution in [3.05, 3.63) is 34.9 Å². The van der Waals surface area contributed by atoms with Crippen LogP contribution in [0.1, 0.15) is 169 Å². The van der Waals surface area contributed by atoms with E-state index in [9.17, 15) is 24.6 Å².